The maximum atomic E-state index is 16.3. The van der Waals surface area contributed by atoms with E-state index in [2.05, 4.69) is 20.6 Å². The molecule has 0 aliphatic carbocycles. The molecule has 4 aromatic carbocycles. The van der Waals surface area contributed by atoms with Crippen LogP contribution in [0.3, 0.4) is 0 Å². The summed E-state index contributed by atoms with van der Waals surface area (Å²) < 4.78 is 65.5. The Kier molecular flexibility index (Phi) is 3.69. The van der Waals surface area contributed by atoms with Gasteiger partial charge in [-0.1, -0.05) is 24.3 Å². The number of fused-ring (bicyclic) bond motifs is 7. The topological polar surface area (TPSA) is 115 Å². The lowest BCUT2D eigenvalue weighted by Gasteiger charge is -2.13. The first-order valence-electron chi connectivity index (χ1n) is 10.7. The van der Waals surface area contributed by atoms with E-state index in [0.717, 1.165) is 0 Å². The molecule has 14 heteroatoms. The maximum absolute atomic E-state index is 16.3. The number of halogens is 2. The van der Waals surface area contributed by atoms with Gasteiger partial charge in [0, 0.05) is 0 Å². The number of hydrogen-bond acceptors (Lipinski definition) is 10. The fourth-order valence-electron chi connectivity index (χ4n) is 4.67. The van der Waals surface area contributed by atoms with Gasteiger partial charge in [-0.3, -0.25) is 0 Å². The second kappa shape index (κ2) is 6.84. The van der Waals surface area contributed by atoms with Gasteiger partial charge in [-0.25, -0.2) is 18.0 Å². The monoisotopic (exact) mass is 484 g/mol. The minimum absolute atomic E-state index is 0.0660. The number of benzene rings is 4. The van der Waals surface area contributed by atoms with Crippen LogP contribution in [0.15, 0.2) is 57.8 Å². The molecule has 10 nitrogen and oxygen atoms in total. The summed E-state index contributed by atoms with van der Waals surface area (Å²) >= 11 is 0. The molecule has 0 saturated heterocycles. The SMILES string of the molecule is Fc1c(B2Oc3ccccc3O2)c2nonc2c2c(F)c(B3Oc4ccccc4O3)c3nonc3c12. The molecular formula is C22H8B2F2N4O6. The third-order valence-electron chi connectivity index (χ3n) is 6.23. The Morgan fingerprint density at radius 2 is 0.833 bits per heavy atom. The van der Waals surface area contributed by atoms with E-state index in [1.54, 1.807) is 48.5 Å². The molecule has 36 heavy (non-hydrogen) atoms. The zero-order chi connectivity index (χ0) is 24.0. The van der Waals surface area contributed by atoms with Crippen LogP contribution in [-0.2, 0) is 0 Å². The summed E-state index contributed by atoms with van der Waals surface area (Å²) in [6.45, 7) is 0. The molecule has 0 radical (unpaired) electrons. The van der Waals surface area contributed by atoms with Crippen molar-refractivity contribution in [2.45, 2.75) is 0 Å². The van der Waals surface area contributed by atoms with Gasteiger partial charge in [0.05, 0.1) is 21.7 Å². The van der Waals surface area contributed by atoms with E-state index in [0.29, 0.717) is 23.0 Å². The van der Waals surface area contributed by atoms with Crippen LogP contribution < -0.4 is 29.5 Å². The lowest BCUT2D eigenvalue weighted by molar-refractivity contribution is 0.315. The first kappa shape index (κ1) is 19.4. The van der Waals surface area contributed by atoms with Crippen LogP contribution in [0.5, 0.6) is 23.0 Å². The van der Waals surface area contributed by atoms with Crippen molar-refractivity contribution in [3.63, 3.8) is 0 Å². The fraction of sp³-hybridized carbons (Fsp3) is 0. The molecule has 172 valence electrons. The average molecular weight is 484 g/mol. The van der Waals surface area contributed by atoms with Crippen molar-refractivity contribution in [3.8, 4) is 23.0 Å². The maximum Gasteiger partial charge on any atom is 0.638 e. The summed E-state index contributed by atoms with van der Waals surface area (Å²) in [5, 5.41) is 14.9. The highest BCUT2D eigenvalue weighted by molar-refractivity contribution is 6.68. The average Bonchev–Trinajstić information content (AvgIpc) is 3.68. The van der Waals surface area contributed by atoms with E-state index in [9.17, 15) is 0 Å². The summed E-state index contributed by atoms with van der Waals surface area (Å²) in [6.07, 6.45) is 0. The normalized spacial score (nSPS) is 14.1. The molecule has 0 bridgehead atoms. The van der Waals surface area contributed by atoms with Crippen molar-refractivity contribution >= 4 is 58.0 Å². The van der Waals surface area contributed by atoms with Crippen molar-refractivity contribution in [2.24, 2.45) is 0 Å². The first-order chi connectivity index (χ1) is 17.7. The van der Waals surface area contributed by atoms with E-state index in [1.165, 1.54) is 0 Å². The minimum atomic E-state index is -1.23. The van der Waals surface area contributed by atoms with Gasteiger partial charge in [0.2, 0.25) is 0 Å². The number of nitrogens with zero attached hydrogens (tertiary/aromatic N) is 4. The van der Waals surface area contributed by atoms with Gasteiger partial charge < -0.3 is 18.6 Å². The molecule has 2 aromatic heterocycles. The fourth-order valence-corrected chi connectivity index (χ4v) is 4.67. The van der Waals surface area contributed by atoms with Crippen molar-refractivity contribution in [2.75, 3.05) is 0 Å². The third kappa shape index (κ3) is 2.44. The Labute approximate surface area is 198 Å². The highest BCUT2D eigenvalue weighted by Gasteiger charge is 2.45. The van der Waals surface area contributed by atoms with Gasteiger partial charge >= 0.3 is 14.2 Å². The van der Waals surface area contributed by atoms with E-state index in [1.807, 2.05) is 0 Å². The molecule has 4 heterocycles. The molecule has 6 aromatic rings. The highest BCUT2D eigenvalue weighted by Crippen LogP contribution is 2.38. The van der Waals surface area contributed by atoms with Crippen LogP contribution in [0.2, 0.25) is 0 Å². The van der Waals surface area contributed by atoms with E-state index < -0.39 is 25.9 Å². The number of rotatable bonds is 2. The third-order valence-corrected chi connectivity index (χ3v) is 6.23. The first-order valence-corrected chi connectivity index (χ1v) is 10.7. The Hall–Kier alpha value is -4.87. The zero-order valence-corrected chi connectivity index (χ0v) is 17.8. The van der Waals surface area contributed by atoms with Crippen LogP contribution in [0.25, 0.3) is 32.8 Å². The molecule has 0 amide bonds. The van der Waals surface area contributed by atoms with Crippen molar-refractivity contribution in [1.82, 2.24) is 20.6 Å². The lowest BCUT2D eigenvalue weighted by atomic mass is 9.73. The lowest BCUT2D eigenvalue weighted by Crippen LogP contribution is -2.43. The zero-order valence-electron chi connectivity index (χ0n) is 17.8. The Morgan fingerprint density at radius 1 is 0.500 bits per heavy atom. The summed E-state index contributed by atoms with van der Waals surface area (Å²) in [5.41, 5.74) is -0.545. The van der Waals surface area contributed by atoms with Crippen LogP contribution in [-0.4, -0.2) is 34.9 Å². The van der Waals surface area contributed by atoms with Crippen molar-refractivity contribution in [1.29, 1.82) is 0 Å². The standard InChI is InChI=1S/C22H8B2F2N4O6/c25-17-13-14(19-21(29-35-27-19)15(17)23-31-9-5-1-2-6-10(9)32-23)18(26)16(22-20(13)28-36-30-22)24-33-11-7-3-4-8-12(11)34-24/h1-8H. The summed E-state index contributed by atoms with van der Waals surface area (Å²) in [7, 11) is -2.45. The van der Waals surface area contributed by atoms with Crippen LogP contribution in [0.4, 0.5) is 8.78 Å². The van der Waals surface area contributed by atoms with Gasteiger partial charge in [0.25, 0.3) is 0 Å². The largest absolute Gasteiger partial charge is 0.638 e. The van der Waals surface area contributed by atoms with Gasteiger partial charge in [-0.05, 0) is 44.9 Å². The summed E-state index contributed by atoms with van der Waals surface area (Å²) in [4.78, 5) is 0. The van der Waals surface area contributed by atoms with Gasteiger partial charge in [-0.2, -0.15) is 0 Å². The van der Waals surface area contributed by atoms with E-state index in [-0.39, 0.29) is 43.8 Å². The van der Waals surface area contributed by atoms with Crippen LogP contribution in [0.1, 0.15) is 0 Å². The van der Waals surface area contributed by atoms with Crippen molar-refractivity contribution in [3.05, 3.63) is 60.2 Å². The van der Waals surface area contributed by atoms with Crippen LogP contribution >= 0.6 is 0 Å². The minimum Gasteiger partial charge on any atom is -0.519 e. The van der Waals surface area contributed by atoms with Gasteiger partial charge in [0.1, 0.15) is 56.7 Å². The molecule has 0 atom stereocenters. The number of hydrogen-bond donors (Lipinski definition) is 0. The second-order valence-corrected chi connectivity index (χ2v) is 8.16. The van der Waals surface area contributed by atoms with Gasteiger partial charge in [-0.15, -0.1) is 0 Å². The van der Waals surface area contributed by atoms with Gasteiger partial charge in [0.15, 0.2) is 0 Å². The van der Waals surface area contributed by atoms with E-state index >= 15 is 8.78 Å². The quantitative estimate of drug-likeness (QED) is 0.340. The Morgan fingerprint density at radius 3 is 1.19 bits per heavy atom. The smallest absolute Gasteiger partial charge is 0.519 e. The predicted octanol–water partition coefficient (Wildman–Crippen LogP) is 2.52. The Bertz CT molecular complexity index is 1690. The molecule has 0 saturated carbocycles. The molecule has 0 spiro atoms. The summed E-state index contributed by atoms with van der Waals surface area (Å²) in [6, 6.07) is 13.7. The molecular weight excluding hydrogens is 476 g/mol. The summed E-state index contributed by atoms with van der Waals surface area (Å²) in [5.74, 6) is -0.136. The molecule has 0 fully saturated rings. The molecule has 8 rings (SSSR count). The molecule has 2 aliphatic rings. The Balaban J connectivity index is 1.40. The molecule has 0 N–H and O–H groups in total. The second-order valence-electron chi connectivity index (χ2n) is 8.16. The van der Waals surface area contributed by atoms with Crippen LogP contribution in [0, 0.1) is 11.6 Å². The number of para-hydroxylation sites is 4. The van der Waals surface area contributed by atoms with Crippen molar-refractivity contribution < 1.29 is 36.7 Å². The number of aromatic nitrogens is 4. The van der Waals surface area contributed by atoms with E-state index in [4.69, 9.17) is 27.9 Å². The molecule has 0 unspecified atom stereocenters. The molecule has 2 aliphatic heterocycles. The highest BCUT2D eigenvalue weighted by atomic mass is 19.1. The predicted molar refractivity (Wildman–Crippen MR) is 121 cm³/mol.